The third-order valence-electron chi connectivity index (χ3n) is 3.39. The SMILES string of the molecule is C=C(C)C(=C)\C(=C/C(Cl)=C(/C=N/C(=NC)SCC(C)CO)CC)CO.CC.CC.CN.CO. The molecule has 6 nitrogen and oxygen atoms in total. The Labute approximate surface area is 213 Å². The number of hydrogen-bond acceptors (Lipinski definition) is 6. The van der Waals surface area contributed by atoms with Gasteiger partial charge in [0.25, 0.3) is 0 Å². The van der Waals surface area contributed by atoms with Crippen molar-refractivity contribution in [3.05, 3.63) is 46.6 Å². The molecule has 196 valence electrons. The molecule has 0 saturated heterocycles. The first kappa shape index (κ1) is 42.0. The zero-order valence-electron chi connectivity index (χ0n) is 22.6. The van der Waals surface area contributed by atoms with Gasteiger partial charge in [-0.15, -0.1) is 0 Å². The van der Waals surface area contributed by atoms with Crippen molar-refractivity contribution in [3.8, 4) is 0 Å². The average molecular weight is 508 g/mol. The number of hydrogen-bond donors (Lipinski definition) is 4. The van der Waals surface area contributed by atoms with E-state index in [1.807, 2.05) is 48.5 Å². The first-order chi connectivity index (χ1) is 15.8. The van der Waals surface area contributed by atoms with E-state index in [4.69, 9.17) is 21.8 Å². The molecule has 0 spiro atoms. The molecule has 33 heavy (non-hydrogen) atoms. The summed E-state index contributed by atoms with van der Waals surface area (Å²) < 4.78 is 0. The van der Waals surface area contributed by atoms with Crippen LogP contribution in [-0.4, -0.2) is 66.9 Å². The zero-order chi connectivity index (χ0) is 27.4. The smallest absolute Gasteiger partial charge is 0.182 e. The molecule has 0 fully saturated rings. The Morgan fingerprint density at radius 2 is 1.61 bits per heavy atom. The molecule has 5 N–H and O–H groups in total. The lowest BCUT2D eigenvalue weighted by atomic mass is 10.0. The van der Waals surface area contributed by atoms with Crippen molar-refractivity contribution < 1.29 is 15.3 Å². The molecular formula is C25H50ClN3O3S. The van der Waals surface area contributed by atoms with Crippen LogP contribution in [0.4, 0.5) is 0 Å². The monoisotopic (exact) mass is 507 g/mol. The van der Waals surface area contributed by atoms with Gasteiger partial charge in [-0.25, -0.2) is 4.99 Å². The predicted octanol–water partition coefficient (Wildman–Crippen LogP) is 5.59. The third-order valence-corrected chi connectivity index (χ3v) is 5.03. The van der Waals surface area contributed by atoms with Crippen LogP contribution in [0.5, 0.6) is 0 Å². The number of amidine groups is 1. The largest absolute Gasteiger partial charge is 0.400 e. The molecule has 0 saturated carbocycles. The molecule has 0 aromatic carbocycles. The van der Waals surface area contributed by atoms with Crippen molar-refractivity contribution in [2.24, 2.45) is 21.6 Å². The average Bonchev–Trinajstić information content (AvgIpc) is 2.88. The number of allylic oxidation sites excluding steroid dienone is 4. The minimum Gasteiger partial charge on any atom is -0.400 e. The lowest BCUT2D eigenvalue weighted by Gasteiger charge is -2.09. The van der Waals surface area contributed by atoms with Crippen LogP contribution in [0.25, 0.3) is 0 Å². The Morgan fingerprint density at radius 3 is 1.94 bits per heavy atom. The standard InChI is InChI=1S/C19H29ClN2O2S.2C2H6.CH5N.CH4O/c1-7-16(9-22-19(21-6)25-12-14(4)10-23)18(20)8-17(11-24)15(5)13(2)3;4*1-2/h8-9,14,23-24H,2,5,7,10-12H2,1,3-4,6H3;2*1-2H3;2H2,1H3;2H,1H3/b17-8-,18-16-,21-19?,22-9+;;;;. The van der Waals surface area contributed by atoms with Crippen LogP contribution < -0.4 is 5.73 Å². The van der Waals surface area contributed by atoms with Crippen molar-refractivity contribution in [2.75, 3.05) is 40.2 Å². The van der Waals surface area contributed by atoms with E-state index >= 15 is 0 Å². The maximum Gasteiger partial charge on any atom is 0.182 e. The quantitative estimate of drug-likeness (QED) is 0.184. The first-order valence-electron chi connectivity index (χ1n) is 11.1. The van der Waals surface area contributed by atoms with Crippen molar-refractivity contribution >= 4 is 34.7 Å². The topological polar surface area (TPSA) is 111 Å². The Bertz CT molecular complexity index is 602. The molecule has 8 heteroatoms. The summed E-state index contributed by atoms with van der Waals surface area (Å²) in [6.45, 7) is 21.5. The second kappa shape index (κ2) is 33.0. The Kier molecular flexibility index (Phi) is 41.9. The summed E-state index contributed by atoms with van der Waals surface area (Å²) in [6, 6.07) is 0. The van der Waals surface area contributed by atoms with Gasteiger partial charge in [-0.2, -0.15) is 0 Å². The summed E-state index contributed by atoms with van der Waals surface area (Å²) >= 11 is 7.89. The van der Waals surface area contributed by atoms with Gasteiger partial charge >= 0.3 is 0 Å². The minimum atomic E-state index is -0.160. The van der Waals surface area contributed by atoms with Gasteiger partial charge in [0.05, 0.1) is 6.61 Å². The fourth-order valence-electron chi connectivity index (χ4n) is 1.63. The van der Waals surface area contributed by atoms with E-state index in [0.717, 1.165) is 24.0 Å². The number of nitrogens with two attached hydrogens (primary N) is 1. The molecule has 0 bridgehead atoms. The summed E-state index contributed by atoms with van der Waals surface area (Å²) in [4.78, 5) is 8.53. The lowest BCUT2D eigenvalue weighted by molar-refractivity contribution is 0.250. The van der Waals surface area contributed by atoms with Crippen LogP contribution in [0.1, 0.15) is 54.9 Å². The molecule has 0 rings (SSSR count). The van der Waals surface area contributed by atoms with Gasteiger partial charge in [0, 0.05) is 37.8 Å². The zero-order valence-corrected chi connectivity index (χ0v) is 24.1. The first-order valence-corrected chi connectivity index (χ1v) is 12.5. The Morgan fingerprint density at radius 1 is 1.12 bits per heavy atom. The van der Waals surface area contributed by atoms with Crippen LogP contribution in [0, 0.1) is 5.92 Å². The summed E-state index contributed by atoms with van der Waals surface area (Å²) in [5.74, 6) is 0.928. The van der Waals surface area contributed by atoms with E-state index in [0.29, 0.717) is 27.8 Å². The van der Waals surface area contributed by atoms with Gasteiger partial charge in [-0.3, -0.25) is 4.99 Å². The molecule has 0 aliphatic carbocycles. The van der Waals surface area contributed by atoms with E-state index in [-0.39, 0.29) is 19.1 Å². The number of rotatable bonds is 9. The Balaban J connectivity index is -0.000000292. The number of nitrogens with zero attached hydrogens (tertiary/aromatic N) is 2. The van der Waals surface area contributed by atoms with E-state index in [9.17, 15) is 5.11 Å². The van der Waals surface area contributed by atoms with Gasteiger partial charge in [-0.1, -0.05) is 83.6 Å². The van der Waals surface area contributed by atoms with Crippen LogP contribution in [0.15, 0.2) is 56.5 Å². The number of halogens is 1. The van der Waals surface area contributed by atoms with Crippen LogP contribution in [0.2, 0.25) is 0 Å². The van der Waals surface area contributed by atoms with Crippen LogP contribution in [-0.2, 0) is 0 Å². The lowest BCUT2D eigenvalue weighted by Crippen LogP contribution is -2.05. The van der Waals surface area contributed by atoms with Gasteiger partial charge < -0.3 is 21.1 Å². The van der Waals surface area contributed by atoms with Gasteiger partial charge in [0.1, 0.15) is 0 Å². The summed E-state index contributed by atoms with van der Waals surface area (Å²) in [6.07, 6.45) is 4.08. The van der Waals surface area contributed by atoms with Crippen molar-refractivity contribution in [3.63, 3.8) is 0 Å². The van der Waals surface area contributed by atoms with E-state index in [2.05, 4.69) is 28.9 Å². The van der Waals surface area contributed by atoms with Gasteiger partial charge in [-0.05, 0) is 49.1 Å². The molecule has 0 radical (unpaired) electrons. The fourth-order valence-corrected chi connectivity index (χ4v) is 2.74. The second-order valence-corrected chi connectivity index (χ2v) is 7.07. The summed E-state index contributed by atoms with van der Waals surface area (Å²) in [5.41, 5.74) is 7.43. The fraction of sp³-hybridized carbons (Fsp3) is 0.600. The molecule has 0 aliphatic rings. The molecular weight excluding hydrogens is 458 g/mol. The minimum absolute atomic E-state index is 0.140. The highest BCUT2D eigenvalue weighted by molar-refractivity contribution is 8.13. The molecule has 0 heterocycles. The normalized spacial score (nSPS) is 12.3. The van der Waals surface area contributed by atoms with E-state index < -0.39 is 0 Å². The number of aliphatic imine (C=N–C) groups is 2. The number of aliphatic hydroxyl groups is 3. The maximum atomic E-state index is 9.52. The highest BCUT2D eigenvalue weighted by Gasteiger charge is 2.07. The highest BCUT2D eigenvalue weighted by atomic mass is 35.5. The molecule has 0 aromatic rings. The van der Waals surface area contributed by atoms with Crippen LogP contribution >= 0.6 is 23.4 Å². The second-order valence-electron chi connectivity index (χ2n) is 5.68. The van der Waals surface area contributed by atoms with Gasteiger partial charge in [0.2, 0.25) is 0 Å². The number of thioether (sulfide) groups is 1. The molecule has 1 atom stereocenters. The van der Waals surface area contributed by atoms with Crippen molar-refractivity contribution in [1.82, 2.24) is 0 Å². The maximum absolute atomic E-state index is 9.52. The number of aliphatic hydroxyl groups excluding tert-OH is 3. The summed E-state index contributed by atoms with van der Waals surface area (Å²) in [5, 5.41) is 26.7. The molecule has 0 amide bonds. The van der Waals surface area contributed by atoms with Crippen LogP contribution in [0.3, 0.4) is 0 Å². The van der Waals surface area contributed by atoms with Gasteiger partial charge in [0.15, 0.2) is 5.17 Å². The molecule has 1 unspecified atom stereocenters. The summed E-state index contributed by atoms with van der Waals surface area (Å²) in [7, 11) is 4.18. The third kappa shape index (κ3) is 23.7. The highest BCUT2D eigenvalue weighted by Crippen LogP contribution is 2.21. The predicted molar refractivity (Wildman–Crippen MR) is 154 cm³/mol. The van der Waals surface area contributed by atoms with Crippen molar-refractivity contribution in [1.29, 1.82) is 0 Å². The molecule has 0 aromatic heterocycles. The molecule has 0 aliphatic heterocycles. The van der Waals surface area contributed by atoms with E-state index in [1.165, 1.54) is 18.8 Å². The van der Waals surface area contributed by atoms with E-state index in [1.54, 1.807) is 19.3 Å². The van der Waals surface area contributed by atoms with Crippen molar-refractivity contribution in [2.45, 2.75) is 54.9 Å². The Hall–Kier alpha value is -1.22.